The van der Waals surface area contributed by atoms with Crippen LogP contribution in [0.3, 0.4) is 0 Å². The van der Waals surface area contributed by atoms with E-state index in [1.807, 2.05) is 70.0 Å². The van der Waals surface area contributed by atoms with E-state index >= 15 is 0 Å². The molecule has 0 bridgehead atoms. The highest BCUT2D eigenvalue weighted by molar-refractivity contribution is 7.77. The van der Waals surface area contributed by atoms with Crippen molar-refractivity contribution in [3.63, 3.8) is 0 Å². The van der Waals surface area contributed by atoms with Crippen LogP contribution >= 0.6 is 7.79 Å². The van der Waals surface area contributed by atoms with Gasteiger partial charge >= 0.3 is 0 Å². The van der Waals surface area contributed by atoms with Crippen molar-refractivity contribution in [2.24, 2.45) is 0 Å². The number of anilines is 2. The molecule has 1 amide bonds. The van der Waals surface area contributed by atoms with Gasteiger partial charge < -0.3 is 14.2 Å². The molecule has 0 unspecified atom stereocenters. The summed E-state index contributed by atoms with van der Waals surface area (Å²) >= 11 is 0. The number of hydrogen-bond donors (Lipinski definition) is 1. The van der Waals surface area contributed by atoms with Gasteiger partial charge in [-0.05, 0) is 24.3 Å². The summed E-state index contributed by atoms with van der Waals surface area (Å²) in [7, 11) is -0.0207. The zero-order valence-corrected chi connectivity index (χ0v) is 16.5. The van der Waals surface area contributed by atoms with Crippen LogP contribution in [0.1, 0.15) is 6.42 Å². The molecule has 1 fully saturated rings. The Balaban J connectivity index is 1.99. The molecule has 143 valence electrons. The monoisotopic (exact) mass is 386 g/mol. The molecule has 2 aromatic rings. The molecule has 1 saturated heterocycles. The summed E-state index contributed by atoms with van der Waals surface area (Å²) in [6.07, 6.45) is 0.0152. The van der Waals surface area contributed by atoms with E-state index in [0.29, 0.717) is 18.4 Å². The van der Waals surface area contributed by atoms with Gasteiger partial charge in [0, 0.05) is 36.8 Å². The molecule has 2 aromatic carbocycles. The lowest BCUT2D eigenvalue weighted by Gasteiger charge is -2.43. The maximum absolute atomic E-state index is 12.4. The van der Waals surface area contributed by atoms with E-state index in [4.69, 9.17) is 4.84 Å². The first kappa shape index (κ1) is 19.4. The summed E-state index contributed by atoms with van der Waals surface area (Å²) in [6.45, 7) is 5.43. The van der Waals surface area contributed by atoms with Crippen molar-refractivity contribution < 1.29 is 14.5 Å². The predicted molar refractivity (Wildman–Crippen MR) is 110 cm³/mol. The minimum Gasteiger partial charge on any atom is -0.342 e. The highest BCUT2D eigenvalue weighted by Crippen LogP contribution is 2.72. The molecule has 1 aliphatic rings. The van der Waals surface area contributed by atoms with Gasteiger partial charge in [-0.15, -0.1) is 0 Å². The second kappa shape index (κ2) is 8.09. The van der Waals surface area contributed by atoms with Crippen molar-refractivity contribution >= 4 is 25.1 Å². The fourth-order valence-electron chi connectivity index (χ4n) is 3.21. The highest BCUT2D eigenvalue weighted by Gasteiger charge is 2.47. The van der Waals surface area contributed by atoms with Gasteiger partial charge in [-0.25, -0.2) is 5.06 Å². The van der Waals surface area contributed by atoms with Gasteiger partial charge in [0.05, 0.1) is 13.5 Å². The van der Waals surface area contributed by atoms with Gasteiger partial charge in [0.1, 0.15) is 0 Å². The Morgan fingerprint density at radius 3 is 1.93 bits per heavy atom. The first-order chi connectivity index (χ1) is 13.0. The quantitative estimate of drug-likeness (QED) is 0.606. The van der Waals surface area contributed by atoms with Crippen molar-refractivity contribution in [1.29, 1.82) is 0 Å². The van der Waals surface area contributed by atoms with Crippen LogP contribution in [0, 0.1) is 0 Å². The number of hydroxylamine groups is 2. The van der Waals surface area contributed by atoms with Gasteiger partial charge in [-0.2, -0.15) is 0 Å². The number of rotatable bonds is 6. The van der Waals surface area contributed by atoms with Crippen molar-refractivity contribution in [2.45, 2.75) is 6.42 Å². The summed E-state index contributed by atoms with van der Waals surface area (Å²) in [4.78, 5) is 29.3. The van der Waals surface area contributed by atoms with Crippen molar-refractivity contribution in [2.75, 3.05) is 36.6 Å². The molecule has 0 aromatic heterocycles. The second-order valence-electron chi connectivity index (χ2n) is 6.30. The number of amides is 1. The largest absolute Gasteiger partial charge is 0.342 e. The summed E-state index contributed by atoms with van der Waals surface area (Å²) < 4.78 is 3.98. The lowest BCUT2D eigenvalue weighted by atomic mass is 10.3. The van der Waals surface area contributed by atoms with Gasteiger partial charge in [0.15, 0.2) is 7.79 Å². The van der Waals surface area contributed by atoms with Crippen molar-refractivity contribution in [1.82, 2.24) is 5.06 Å². The standard InChI is InChI=1S/C20H25N3O3P/c1-17(16-20(24)21(2)26-3)27(25)22(18-10-6-4-7-11-18)14-15-23(27)19-12-8-5-9-13-19/h4-13,25H,1,14-16H2,2-3H3. The van der Waals surface area contributed by atoms with Crippen LogP contribution in [0.25, 0.3) is 0 Å². The number of hydrogen-bond acceptors (Lipinski definition) is 5. The molecule has 1 N–H and O–H groups in total. The molecule has 0 saturated carbocycles. The normalized spacial score (nSPS) is 15.7. The van der Waals surface area contributed by atoms with E-state index in [2.05, 4.69) is 6.58 Å². The molecule has 1 radical (unpaired) electrons. The Morgan fingerprint density at radius 2 is 1.52 bits per heavy atom. The zero-order chi connectivity index (χ0) is 19.4. The Hall–Kier alpha value is -2.40. The summed E-state index contributed by atoms with van der Waals surface area (Å²) in [6, 6.07) is 19.5. The third-order valence-corrected chi connectivity index (χ3v) is 7.93. The molecule has 0 atom stereocenters. The Morgan fingerprint density at radius 1 is 1.07 bits per heavy atom. The molecule has 7 heteroatoms. The molecule has 0 aliphatic carbocycles. The topological polar surface area (TPSA) is 56.3 Å². The van der Waals surface area contributed by atoms with E-state index in [0.717, 1.165) is 16.4 Å². The van der Waals surface area contributed by atoms with E-state index in [-0.39, 0.29) is 12.3 Å². The Labute approximate surface area is 160 Å². The highest BCUT2D eigenvalue weighted by atomic mass is 31.2. The molecule has 27 heavy (non-hydrogen) atoms. The van der Waals surface area contributed by atoms with Gasteiger partial charge in [-0.3, -0.25) is 9.63 Å². The van der Waals surface area contributed by atoms with E-state index < -0.39 is 7.79 Å². The van der Waals surface area contributed by atoms with E-state index in [1.165, 1.54) is 7.11 Å². The third kappa shape index (κ3) is 3.69. The number of carbonyl (C=O) groups is 1. The second-order valence-corrected chi connectivity index (χ2v) is 9.04. The van der Waals surface area contributed by atoms with Gasteiger partial charge in [0.2, 0.25) is 5.91 Å². The molecule has 1 heterocycles. The minimum atomic E-state index is -3.01. The average Bonchev–Trinajstić information content (AvgIpc) is 3.07. The molecular formula is C20H25N3O3P. The van der Waals surface area contributed by atoms with Gasteiger partial charge in [-0.1, -0.05) is 43.0 Å². The van der Waals surface area contributed by atoms with E-state index in [1.54, 1.807) is 7.05 Å². The maximum Gasteiger partial charge on any atom is 0.250 e. The first-order valence-electron chi connectivity index (χ1n) is 8.75. The van der Waals surface area contributed by atoms with Crippen LogP contribution in [-0.4, -0.2) is 43.1 Å². The molecule has 3 rings (SSSR count). The fourth-order valence-corrected chi connectivity index (χ4v) is 6.15. The lowest BCUT2D eigenvalue weighted by Crippen LogP contribution is -2.30. The smallest absolute Gasteiger partial charge is 0.250 e. The lowest BCUT2D eigenvalue weighted by molar-refractivity contribution is -0.167. The molecule has 1 aliphatic heterocycles. The summed E-state index contributed by atoms with van der Waals surface area (Å²) in [5, 5.41) is 1.66. The summed E-state index contributed by atoms with van der Waals surface area (Å²) in [5.41, 5.74) is 1.83. The van der Waals surface area contributed by atoms with Crippen LogP contribution in [0.5, 0.6) is 0 Å². The Kier molecular flexibility index (Phi) is 5.80. The SMILES string of the molecule is C=C(CC(=O)N(C)OC)[P]1(O)N(c2ccccc2)CCN1c1ccccc1. The third-order valence-electron chi connectivity index (χ3n) is 4.71. The maximum atomic E-state index is 12.4. The minimum absolute atomic E-state index is 0.0152. The van der Waals surface area contributed by atoms with Gasteiger partial charge in [0.25, 0.3) is 0 Å². The number of benzene rings is 2. The van der Waals surface area contributed by atoms with Crippen LogP contribution in [0.2, 0.25) is 0 Å². The first-order valence-corrected chi connectivity index (χ1v) is 10.4. The number of carbonyl (C=O) groups excluding carboxylic acids is 1. The van der Waals surface area contributed by atoms with Crippen LogP contribution < -0.4 is 9.34 Å². The molecular weight excluding hydrogens is 361 g/mol. The Bertz CT molecular complexity index is 753. The summed E-state index contributed by atoms with van der Waals surface area (Å²) in [5.74, 6) is -0.246. The molecule has 0 spiro atoms. The molecule has 6 nitrogen and oxygen atoms in total. The van der Waals surface area contributed by atoms with Crippen LogP contribution in [-0.2, 0) is 9.63 Å². The van der Waals surface area contributed by atoms with Crippen molar-refractivity contribution in [3.05, 3.63) is 72.6 Å². The fraction of sp³-hybridized carbons (Fsp3) is 0.250. The van der Waals surface area contributed by atoms with E-state index in [9.17, 15) is 9.69 Å². The number of nitrogens with zero attached hydrogens (tertiary/aromatic N) is 3. The predicted octanol–water partition coefficient (Wildman–Crippen LogP) is 3.69. The van der Waals surface area contributed by atoms with Crippen LogP contribution in [0.4, 0.5) is 11.4 Å². The number of para-hydroxylation sites is 2. The van der Waals surface area contributed by atoms with Crippen LogP contribution in [0.15, 0.2) is 72.6 Å². The zero-order valence-electron chi connectivity index (χ0n) is 15.7. The average molecular weight is 386 g/mol. The van der Waals surface area contributed by atoms with Crippen molar-refractivity contribution in [3.8, 4) is 0 Å².